The molecule has 0 fully saturated rings. The lowest BCUT2D eigenvalue weighted by atomic mass is 10.1. The number of halogens is 2. The number of hydrogen-bond acceptors (Lipinski definition) is 2. The molecule has 0 heterocycles. The molecule has 0 aliphatic heterocycles. The van der Waals surface area contributed by atoms with Crippen LogP contribution in [0.3, 0.4) is 0 Å². The summed E-state index contributed by atoms with van der Waals surface area (Å²) in [7, 11) is 0. The molecule has 0 radical (unpaired) electrons. The Kier molecular flexibility index (Phi) is 5.69. The first-order valence-corrected chi connectivity index (χ1v) is 4.40. The fourth-order valence-corrected chi connectivity index (χ4v) is 0.531. The molecule has 0 unspecified atom stereocenters. The van der Waals surface area contributed by atoms with Crippen molar-refractivity contribution in [3.63, 3.8) is 0 Å². The fraction of sp³-hybridized carbons (Fsp3) is 0.857. The molecule has 0 N–H and O–H groups in total. The first-order valence-electron chi connectivity index (χ1n) is 3.52. The van der Waals surface area contributed by atoms with Crippen LogP contribution in [0.2, 0.25) is 0 Å². The molecule has 0 aliphatic rings. The average molecular weight is 199 g/mol. The van der Waals surface area contributed by atoms with Crippen molar-refractivity contribution in [3.05, 3.63) is 0 Å². The maximum Gasteiger partial charge on any atom is 0.339 e. The van der Waals surface area contributed by atoms with E-state index in [1.54, 1.807) is 0 Å². The van der Waals surface area contributed by atoms with Gasteiger partial charge in [0.05, 0.1) is 6.61 Å². The Morgan fingerprint density at radius 1 is 1.55 bits per heavy atom. The smallest absolute Gasteiger partial charge is 0.339 e. The highest BCUT2D eigenvalue weighted by Crippen LogP contribution is 2.06. The zero-order chi connectivity index (χ0) is 8.85. The molecule has 1 atom stereocenters. The summed E-state index contributed by atoms with van der Waals surface area (Å²) >= 11 is 10.5. The Morgan fingerprint density at radius 3 is 2.45 bits per heavy atom. The topological polar surface area (TPSA) is 26.3 Å². The van der Waals surface area contributed by atoms with Gasteiger partial charge in [0.1, 0.15) is 0 Å². The third kappa shape index (κ3) is 5.33. The number of carbonyl (C=O) groups is 1. The zero-order valence-electron chi connectivity index (χ0n) is 6.64. The monoisotopic (exact) mass is 198 g/mol. The molecular weight excluding hydrogens is 187 g/mol. The second-order valence-corrected chi connectivity index (χ2v) is 3.54. The van der Waals surface area contributed by atoms with E-state index < -0.39 is 10.8 Å². The van der Waals surface area contributed by atoms with Gasteiger partial charge in [0.25, 0.3) is 0 Å². The van der Waals surface area contributed by atoms with E-state index in [4.69, 9.17) is 27.9 Å². The van der Waals surface area contributed by atoms with Gasteiger partial charge in [0, 0.05) is 0 Å². The standard InChI is InChI=1S/C7H12Cl2O2/c1-3-5(2)4-11-7(10)6(8)9/h5-6H,3-4H2,1-2H3/t5-/m0/s1. The van der Waals surface area contributed by atoms with Crippen LogP contribution in [0.5, 0.6) is 0 Å². The fourth-order valence-electron chi connectivity index (χ4n) is 0.405. The minimum Gasteiger partial charge on any atom is -0.463 e. The Balaban J connectivity index is 3.46. The van der Waals surface area contributed by atoms with Crippen molar-refractivity contribution in [1.29, 1.82) is 0 Å². The highest BCUT2D eigenvalue weighted by molar-refractivity contribution is 6.52. The summed E-state index contributed by atoms with van der Waals surface area (Å²) in [6, 6.07) is 0. The number of alkyl halides is 2. The molecule has 0 rings (SSSR count). The second kappa shape index (κ2) is 5.67. The van der Waals surface area contributed by atoms with Gasteiger partial charge in [-0.05, 0) is 5.92 Å². The highest BCUT2D eigenvalue weighted by Gasteiger charge is 2.13. The summed E-state index contributed by atoms with van der Waals surface area (Å²) in [5.41, 5.74) is 0. The lowest BCUT2D eigenvalue weighted by Gasteiger charge is -2.09. The molecule has 0 spiro atoms. The molecule has 0 aromatic heterocycles. The number of esters is 1. The van der Waals surface area contributed by atoms with Crippen LogP contribution in [0.1, 0.15) is 20.3 Å². The van der Waals surface area contributed by atoms with Gasteiger partial charge < -0.3 is 4.74 Å². The van der Waals surface area contributed by atoms with Crippen LogP contribution in [0, 0.1) is 5.92 Å². The van der Waals surface area contributed by atoms with Gasteiger partial charge in [-0.2, -0.15) is 0 Å². The van der Waals surface area contributed by atoms with E-state index in [0.29, 0.717) is 12.5 Å². The minimum absolute atomic E-state index is 0.367. The SMILES string of the molecule is CC[C@H](C)COC(=O)C(Cl)Cl. The summed E-state index contributed by atoms with van der Waals surface area (Å²) < 4.78 is 4.75. The molecule has 0 aromatic carbocycles. The van der Waals surface area contributed by atoms with Crippen molar-refractivity contribution in [2.24, 2.45) is 5.92 Å². The Labute approximate surface area is 76.8 Å². The molecular formula is C7H12Cl2O2. The van der Waals surface area contributed by atoms with Crippen molar-refractivity contribution in [2.45, 2.75) is 25.1 Å². The molecule has 0 bridgehead atoms. The van der Waals surface area contributed by atoms with Gasteiger partial charge >= 0.3 is 5.97 Å². The number of ether oxygens (including phenoxy) is 1. The van der Waals surface area contributed by atoms with E-state index >= 15 is 0 Å². The lowest BCUT2D eigenvalue weighted by molar-refractivity contribution is -0.142. The van der Waals surface area contributed by atoms with Gasteiger partial charge in [0.15, 0.2) is 0 Å². The normalized spacial score (nSPS) is 13.2. The summed E-state index contributed by atoms with van der Waals surface area (Å²) in [6.45, 7) is 4.41. The molecule has 11 heavy (non-hydrogen) atoms. The van der Waals surface area contributed by atoms with Gasteiger partial charge in [0.2, 0.25) is 4.84 Å². The number of rotatable bonds is 4. The van der Waals surface area contributed by atoms with Gasteiger partial charge in [-0.25, -0.2) is 4.79 Å². The van der Waals surface area contributed by atoms with E-state index in [-0.39, 0.29) is 0 Å². The van der Waals surface area contributed by atoms with Crippen LogP contribution < -0.4 is 0 Å². The Bertz CT molecular complexity index is 126. The van der Waals surface area contributed by atoms with Crippen LogP contribution in [0.25, 0.3) is 0 Å². The van der Waals surface area contributed by atoms with E-state index in [1.165, 1.54) is 0 Å². The quantitative estimate of drug-likeness (QED) is 0.513. The highest BCUT2D eigenvalue weighted by atomic mass is 35.5. The van der Waals surface area contributed by atoms with Crippen molar-refractivity contribution in [3.8, 4) is 0 Å². The van der Waals surface area contributed by atoms with Crippen LogP contribution >= 0.6 is 23.2 Å². The van der Waals surface area contributed by atoms with Crippen LogP contribution in [-0.4, -0.2) is 17.4 Å². The summed E-state index contributed by atoms with van der Waals surface area (Å²) in [5.74, 6) is -0.195. The van der Waals surface area contributed by atoms with Crippen molar-refractivity contribution in [1.82, 2.24) is 0 Å². The van der Waals surface area contributed by atoms with Crippen molar-refractivity contribution >= 4 is 29.2 Å². The maximum atomic E-state index is 10.7. The van der Waals surface area contributed by atoms with Crippen molar-refractivity contribution in [2.75, 3.05) is 6.61 Å². The van der Waals surface area contributed by atoms with Crippen LogP contribution in [-0.2, 0) is 9.53 Å². The molecule has 66 valence electrons. The first-order chi connectivity index (χ1) is 5.07. The molecule has 0 aromatic rings. The maximum absolute atomic E-state index is 10.7. The predicted octanol–water partition coefficient (Wildman–Crippen LogP) is 2.38. The molecule has 4 heteroatoms. The van der Waals surface area contributed by atoms with E-state index in [9.17, 15) is 4.79 Å². The molecule has 0 aliphatic carbocycles. The van der Waals surface area contributed by atoms with E-state index in [1.807, 2.05) is 13.8 Å². The first kappa shape index (κ1) is 11.1. The summed E-state index contributed by atoms with van der Waals surface area (Å²) in [6.07, 6.45) is 0.975. The lowest BCUT2D eigenvalue weighted by Crippen LogP contribution is -2.16. The van der Waals surface area contributed by atoms with Gasteiger partial charge in [-0.1, -0.05) is 43.5 Å². The third-order valence-corrected chi connectivity index (χ3v) is 1.74. The molecule has 0 saturated carbocycles. The predicted molar refractivity (Wildman–Crippen MR) is 45.9 cm³/mol. The van der Waals surface area contributed by atoms with E-state index in [2.05, 4.69) is 0 Å². The van der Waals surface area contributed by atoms with Gasteiger partial charge in [-0.15, -0.1) is 0 Å². The minimum atomic E-state index is -1.06. The average Bonchev–Trinajstić information content (AvgIpc) is 1.99. The molecule has 0 saturated heterocycles. The number of carbonyl (C=O) groups excluding carboxylic acids is 1. The van der Waals surface area contributed by atoms with Crippen LogP contribution in [0.15, 0.2) is 0 Å². The Hall–Kier alpha value is 0.0500. The largest absolute Gasteiger partial charge is 0.463 e. The summed E-state index contributed by atoms with van der Waals surface area (Å²) in [4.78, 5) is 9.62. The molecule has 0 amide bonds. The number of hydrogen-bond donors (Lipinski definition) is 0. The third-order valence-electron chi connectivity index (χ3n) is 1.39. The van der Waals surface area contributed by atoms with Crippen LogP contribution in [0.4, 0.5) is 0 Å². The summed E-state index contributed by atoms with van der Waals surface area (Å²) in [5, 5.41) is 0. The van der Waals surface area contributed by atoms with E-state index in [0.717, 1.165) is 6.42 Å². The second-order valence-electron chi connectivity index (χ2n) is 2.44. The van der Waals surface area contributed by atoms with Gasteiger partial charge in [-0.3, -0.25) is 0 Å². The van der Waals surface area contributed by atoms with Crippen molar-refractivity contribution < 1.29 is 9.53 Å². The zero-order valence-corrected chi connectivity index (χ0v) is 8.15. The Morgan fingerprint density at radius 2 is 2.09 bits per heavy atom. The molecule has 2 nitrogen and oxygen atoms in total.